The second kappa shape index (κ2) is 8.85. The summed E-state index contributed by atoms with van der Waals surface area (Å²) in [6.45, 7) is 4.36. The highest BCUT2D eigenvalue weighted by Gasteiger charge is 2.10. The normalized spacial score (nSPS) is 14.9. The van der Waals surface area contributed by atoms with Crippen LogP contribution in [0.15, 0.2) is 48.5 Å². The third-order valence-corrected chi connectivity index (χ3v) is 4.18. The molecule has 1 heterocycles. The molecule has 6 heteroatoms. The lowest BCUT2D eigenvalue weighted by Gasteiger charge is -2.26. The van der Waals surface area contributed by atoms with Gasteiger partial charge in [-0.3, -0.25) is 9.69 Å². The molecule has 5 nitrogen and oxygen atoms in total. The number of nitrogens with zero attached hydrogens (tertiary/aromatic N) is 1. The van der Waals surface area contributed by atoms with Gasteiger partial charge in [0.15, 0.2) is 6.61 Å². The second-order valence-electron chi connectivity index (χ2n) is 5.88. The summed E-state index contributed by atoms with van der Waals surface area (Å²) in [5, 5.41) is 3.46. The minimum Gasteiger partial charge on any atom is -0.484 e. The smallest absolute Gasteiger partial charge is 0.262 e. The quantitative estimate of drug-likeness (QED) is 0.859. The monoisotopic (exact) mass is 360 g/mol. The number of hydrogen-bond donors (Lipinski definition) is 1. The highest BCUT2D eigenvalue weighted by atomic mass is 35.5. The molecule has 1 amide bonds. The van der Waals surface area contributed by atoms with Crippen LogP contribution in [0.25, 0.3) is 0 Å². The van der Waals surface area contributed by atoms with Crippen molar-refractivity contribution in [3.05, 3.63) is 59.1 Å². The molecule has 1 aliphatic heterocycles. The molecule has 0 spiro atoms. The Kier molecular flexibility index (Phi) is 6.28. The van der Waals surface area contributed by atoms with Crippen LogP contribution in [0, 0.1) is 0 Å². The molecule has 132 valence electrons. The molecular weight excluding hydrogens is 340 g/mol. The molecule has 25 heavy (non-hydrogen) atoms. The van der Waals surface area contributed by atoms with Gasteiger partial charge in [-0.15, -0.1) is 0 Å². The first kappa shape index (κ1) is 17.7. The molecule has 3 rings (SSSR count). The Labute approximate surface area is 152 Å². The number of ether oxygens (including phenoxy) is 2. The summed E-state index contributed by atoms with van der Waals surface area (Å²) in [5.41, 5.74) is 1.98. The zero-order chi connectivity index (χ0) is 17.5. The van der Waals surface area contributed by atoms with Crippen molar-refractivity contribution in [1.82, 2.24) is 4.90 Å². The van der Waals surface area contributed by atoms with E-state index in [9.17, 15) is 4.79 Å². The van der Waals surface area contributed by atoms with Gasteiger partial charge in [-0.25, -0.2) is 0 Å². The lowest BCUT2D eigenvalue weighted by atomic mass is 10.2. The van der Waals surface area contributed by atoms with Crippen molar-refractivity contribution >= 4 is 23.2 Å². The fraction of sp³-hybridized carbons (Fsp3) is 0.316. The van der Waals surface area contributed by atoms with Crippen LogP contribution in [-0.4, -0.2) is 43.7 Å². The number of hydrogen-bond acceptors (Lipinski definition) is 4. The topological polar surface area (TPSA) is 50.8 Å². The van der Waals surface area contributed by atoms with Gasteiger partial charge in [-0.1, -0.05) is 23.7 Å². The number of anilines is 1. The minimum atomic E-state index is -0.198. The molecule has 0 radical (unpaired) electrons. The van der Waals surface area contributed by atoms with Gasteiger partial charge in [-0.2, -0.15) is 0 Å². The number of benzene rings is 2. The summed E-state index contributed by atoms with van der Waals surface area (Å²) >= 11 is 5.81. The first-order chi connectivity index (χ1) is 12.2. The number of nitrogens with one attached hydrogen (secondary N) is 1. The molecule has 1 N–H and O–H groups in total. The Balaban J connectivity index is 1.45. The van der Waals surface area contributed by atoms with Crippen molar-refractivity contribution in [3.63, 3.8) is 0 Å². The average Bonchev–Trinajstić information content (AvgIpc) is 2.64. The van der Waals surface area contributed by atoms with Crippen molar-refractivity contribution in [2.75, 3.05) is 38.2 Å². The summed E-state index contributed by atoms with van der Waals surface area (Å²) < 4.78 is 10.8. The fourth-order valence-corrected chi connectivity index (χ4v) is 2.71. The summed E-state index contributed by atoms with van der Waals surface area (Å²) in [6.07, 6.45) is 0. The fourth-order valence-electron chi connectivity index (χ4n) is 2.59. The molecule has 2 aromatic rings. The summed E-state index contributed by atoms with van der Waals surface area (Å²) in [7, 11) is 0. The molecule has 0 atom stereocenters. The van der Waals surface area contributed by atoms with Crippen molar-refractivity contribution in [2.24, 2.45) is 0 Å². The molecule has 0 unspecified atom stereocenters. The van der Waals surface area contributed by atoms with E-state index in [2.05, 4.69) is 10.2 Å². The van der Waals surface area contributed by atoms with E-state index in [-0.39, 0.29) is 12.5 Å². The minimum absolute atomic E-state index is 0.0445. The molecule has 1 aliphatic rings. The number of carbonyl (C=O) groups excluding carboxylic acids is 1. The number of rotatable bonds is 6. The Morgan fingerprint density at radius 2 is 1.76 bits per heavy atom. The lowest BCUT2D eigenvalue weighted by molar-refractivity contribution is -0.118. The lowest BCUT2D eigenvalue weighted by Crippen LogP contribution is -2.35. The Hall–Kier alpha value is -2.08. The number of halogens is 1. The van der Waals surface area contributed by atoms with Crippen LogP contribution in [0.5, 0.6) is 5.75 Å². The van der Waals surface area contributed by atoms with E-state index in [1.165, 1.54) is 5.56 Å². The maximum atomic E-state index is 12.0. The van der Waals surface area contributed by atoms with E-state index in [0.717, 1.165) is 38.5 Å². The maximum Gasteiger partial charge on any atom is 0.262 e. The van der Waals surface area contributed by atoms with Gasteiger partial charge in [0.05, 0.1) is 13.2 Å². The standard InChI is InChI=1S/C19H21ClN2O3/c20-16-3-7-18(8-4-16)25-14-19(23)21-17-5-1-15(2-6-17)13-22-9-11-24-12-10-22/h1-8H,9-14H2,(H,21,23). The van der Waals surface area contributed by atoms with Gasteiger partial charge in [-0.05, 0) is 42.0 Å². The molecule has 0 aliphatic carbocycles. The molecule has 0 saturated carbocycles. The summed E-state index contributed by atoms with van der Waals surface area (Å²) in [6, 6.07) is 14.8. The van der Waals surface area contributed by atoms with Crippen molar-refractivity contribution in [1.29, 1.82) is 0 Å². The van der Waals surface area contributed by atoms with Crippen molar-refractivity contribution < 1.29 is 14.3 Å². The third-order valence-electron chi connectivity index (χ3n) is 3.93. The third kappa shape index (κ3) is 5.74. The van der Waals surface area contributed by atoms with Gasteiger partial charge in [0, 0.05) is 30.3 Å². The van der Waals surface area contributed by atoms with Gasteiger partial charge in [0.1, 0.15) is 5.75 Å². The van der Waals surface area contributed by atoms with E-state index in [0.29, 0.717) is 10.8 Å². The van der Waals surface area contributed by atoms with Crippen LogP contribution in [0.3, 0.4) is 0 Å². The molecular formula is C19H21ClN2O3. The average molecular weight is 361 g/mol. The second-order valence-corrected chi connectivity index (χ2v) is 6.31. The van der Waals surface area contributed by atoms with Crippen LogP contribution in [0.4, 0.5) is 5.69 Å². The zero-order valence-corrected chi connectivity index (χ0v) is 14.7. The van der Waals surface area contributed by atoms with E-state index < -0.39 is 0 Å². The Morgan fingerprint density at radius 3 is 2.44 bits per heavy atom. The van der Waals surface area contributed by atoms with Crippen molar-refractivity contribution in [2.45, 2.75) is 6.54 Å². The van der Waals surface area contributed by atoms with Crippen LogP contribution in [0.2, 0.25) is 5.02 Å². The van der Waals surface area contributed by atoms with Crippen molar-refractivity contribution in [3.8, 4) is 5.75 Å². The number of carbonyl (C=O) groups is 1. The molecule has 2 aromatic carbocycles. The predicted molar refractivity (Wildman–Crippen MR) is 98.1 cm³/mol. The number of morpholine rings is 1. The van der Waals surface area contributed by atoms with Gasteiger partial charge < -0.3 is 14.8 Å². The van der Waals surface area contributed by atoms with Crippen LogP contribution in [0.1, 0.15) is 5.56 Å². The summed E-state index contributed by atoms with van der Waals surface area (Å²) in [4.78, 5) is 14.3. The first-order valence-electron chi connectivity index (χ1n) is 8.26. The highest BCUT2D eigenvalue weighted by Crippen LogP contribution is 2.16. The largest absolute Gasteiger partial charge is 0.484 e. The van der Waals surface area contributed by atoms with Gasteiger partial charge in [0.2, 0.25) is 0 Å². The van der Waals surface area contributed by atoms with Crippen LogP contribution >= 0.6 is 11.6 Å². The summed E-state index contributed by atoms with van der Waals surface area (Å²) in [5.74, 6) is 0.413. The highest BCUT2D eigenvalue weighted by molar-refractivity contribution is 6.30. The molecule has 1 fully saturated rings. The zero-order valence-electron chi connectivity index (χ0n) is 13.9. The Morgan fingerprint density at radius 1 is 1.08 bits per heavy atom. The number of amides is 1. The van der Waals surface area contributed by atoms with Gasteiger partial charge >= 0.3 is 0 Å². The predicted octanol–water partition coefficient (Wildman–Crippen LogP) is 3.19. The SMILES string of the molecule is O=C(COc1ccc(Cl)cc1)Nc1ccc(CN2CCOCC2)cc1. The molecule has 1 saturated heterocycles. The molecule has 0 bridgehead atoms. The van der Waals surface area contributed by atoms with E-state index in [1.54, 1.807) is 24.3 Å². The molecule has 0 aromatic heterocycles. The Bertz CT molecular complexity index is 683. The van der Waals surface area contributed by atoms with E-state index >= 15 is 0 Å². The maximum absolute atomic E-state index is 12.0. The van der Waals surface area contributed by atoms with E-state index in [4.69, 9.17) is 21.1 Å². The van der Waals surface area contributed by atoms with E-state index in [1.807, 2.05) is 24.3 Å². The first-order valence-corrected chi connectivity index (χ1v) is 8.64. The van der Waals surface area contributed by atoms with Crippen LogP contribution < -0.4 is 10.1 Å². The van der Waals surface area contributed by atoms with Gasteiger partial charge in [0.25, 0.3) is 5.91 Å². The van der Waals surface area contributed by atoms with Crippen LogP contribution in [-0.2, 0) is 16.1 Å².